The molecule has 2 N–H and O–H groups in total. The van der Waals surface area contributed by atoms with Crippen molar-refractivity contribution in [3.63, 3.8) is 0 Å². The Morgan fingerprint density at radius 3 is 2.53 bits per heavy atom. The second-order valence-corrected chi connectivity index (χ2v) is 6.51. The first-order valence-electron chi connectivity index (χ1n) is 8.88. The van der Waals surface area contributed by atoms with E-state index in [1.807, 2.05) is 0 Å². The van der Waals surface area contributed by atoms with Crippen LogP contribution in [-0.2, 0) is 6.18 Å². The first-order chi connectivity index (χ1) is 14.3. The highest BCUT2D eigenvalue weighted by atomic mass is 19.4. The summed E-state index contributed by atoms with van der Waals surface area (Å²) >= 11 is 0. The lowest BCUT2D eigenvalue weighted by atomic mass is 10.0. The van der Waals surface area contributed by atoms with E-state index in [0.717, 1.165) is 12.1 Å². The van der Waals surface area contributed by atoms with E-state index in [1.165, 1.54) is 36.5 Å². The van der Waals surface area contributed by atoms with Crippen LogP contribution in [-0.4, -0.2) is 15.9 Å². The van der Waals surface area contributed by atoms with Crippen LogP contribution in [0.1, 0.15) is 15.9 Å². The van der Waals surface area contributed by atoms with Crippen molar-refractivity contribution in [1.29, 1.82) is 0 Å². The number of hydrogen-bond acceptors (Lipinski definition) is 3. The van der Waals surface area contributed by atoms with Gasteiger partial charge < -0.3 is 10.3 Å². The van der Waals surface area contributed by atoms with E-state index in [2.05, 4.69) is 15.3 Å². The van der Waals surface area contributed by atoms with Gasteiger partial charge in [-0.1, -0.05) is 24.3 Å². The van der Waals surface area contributed by atoms with Gasteiger partial charge in [0.15, 0.2) is 5.43 Å². The van der Waals surface area contributed by atoms with Crippen molar-refractivity contribution >= 4 is 22.5 Å². The van der Waals surface area contributed by atoms with Crippen LogP contribution in [0.3, 0.4) is 0 Å². The van der Waals surface area contributed by atoms with Crippen molar-refractivity contribution in [2.45, 2.75) is 6.18 Å². The highest BCUT2D eigenvalue weighted by Gasteiger charge is 2.33. The molecule has 0 unspecified atom stereocenters. The minimum Gasteiger partial charge on any atom is -0.354 e. The van der Waals surface area contributed by atoms with Crippen molar-refractivity contribution < 1.29 is 18.0 Å². The number of carbonyl (C=O) groups is 1. The van der Waals surface area contributed by atoms with Gasteiger partial charge in [0.05, 0.1) is 34.2 Å². The molecule has 8 heteroatoms. The van der Waals surface area contributed by atoms with Crippen LogP contribution in [0.15, 0.2) is 77.9 Å². The van der Waals surface area contributed by atoms with Crippen molar-refractivity contribution in [2.24, 2.45) is 0 Å². The van der Waals surface area contributed by atoms with Crippen LogP contribution in [0, 0.1) is 0 Å². The summed E-state index contributed by atoms with van der Waals surface area (Å²) in [5.74, 6) is -0.523. The van der Waals surface area contributed by atoms with Crippen LogP contribution >= 0.6 is 0 Å². The summed E-state index contributed by atoms with van der Waals surface area (Å²) < 4.78 is 40.3. The lowest BCUT2D eigenvalue weighted by Crippen LogP contribution is -2.15. The Hall–Kier alpha value is -3.94. The van der Waals surface area contributed by atoms with Gasteiger partial charge >= 0.3 is 6.18 Å². The number of anilines is 1. The molecular formula is C22H14F3N3O2. The Morgan fingerprint density at radius 2 is 1.80 bits per heavy atom. The molecule has 0 atom stereocenters. The van der Waals surface area contributed by atoms with Crippen molar-refractivity contribution in [1.82, 2.24) is 9.97 Å². The average molecular weight is 409 g/mol. The fourth-order valence-corrected chi connectivity index (χ4v) is 3.21. The van der Waals surface area contributed by atoms with E-state index in [1.54, 1.807) is 24.4 Å². The molecular weight excluding hydrogens is 395 g/mol. The average Bonchev–Trinajstić information content (AvgIpc) is 2.73. The van der Waals surface area contributed by atoms with E-state index in [4.69, 9.17) is 0 Å². The lowest BCUT2D eigenvalue weighted by Gasteiger charge is -2.14. The molecule has 30 heavy (non-hydrogen) atoms. The predicted molar refractivity (Wildman–Crippen MR) is 107 cm³/mol. The third-order valence-electron chi connectivity index (χ3n) is 4.55. The van der Waals surface area contributed by atoms with Crippen molar-refractivity contribution in [3.05, 3.63) is 94.4 Å². The number of amides is 1. The predicted octanol–water partition coefficient (Wildman–Crippen LogP) is 4.86. The van der Waals surface area contributed by atoms with E-state index >= 15 is 0 Å². The van der Waals surface area contributed by atoms with Crippen LogP contribution in [0.4, 0.5) is 18.9 Å². The van der Waals surface area contributed by atoms with Gasteiger partial charge in [-0.05, 0) is 30.3 Å². The number of halogens is 3. The number of rotatable bonds is 3. The Morgan fingerprint density at radius 1 is 1.00 bits per heavy atom. The van der Waals surface area contributed by atoms with Crippen LogP contribution in [0.5, 0.6) is 0 Å². The van der Waals surface area contributed by atoms with Gasteiger partial charge in [-0.25, -0.2) is 0 Å². The van der Waals surface area contributed by atoms with Gasteiger partial charge in [0.2, 0.25) is 0 Å². The van der Waals surface area contributed by atoms with Crippen molar-refractivity contribution in [3.8, 4) is 11.3 Å². The molecule has 5 nitrogen and oxygen atoms in total. The Labute approximate surface area is 168 Å². The molecule has 0 saturated carbocycles. The molecule has 2 aromatic heterocycles. The number of para-hydroxylation sites is 1. The number of hydrogen-bond donors (Lipinski definition) is 2. The zero-order valence-electron chi connectivity index (χ0n) is 15.3. The monoisotopic (exact) mass is 409 g/mol. The molecule has 150 valence electrons. The summed E-state index contributed by atoms with van der Waals surface area (Å²) in [6.45, 7) is 0. The van der Waals surface area contributed by atoms with Crippen LogP contribution in [0.25, 0.3) is 22.2 Å². The lowest BCUT2D eigenvalue weighted by molar-refractivity contribution is -0.137. The fraction of sp³-hybridized carbons (Fsp3) is 0.0455. The van der Waals surface area contributed by atoms with Gasteiger partial charge in [0, 0.05) is 23.2 Å². The third kappa shape index (κ3) is 3.67. The van der Waals surface area contributed by atoms with Crippen LogP contribution in [0.2, 0.25) is 0 Å². The maximum Gasteiger partial charge on any atom is 0.417 e. The van der Waals surface area contributed by atoms with Crippen molar-refractivity contribution in [2.75, 3.05) is 5.32 Å². The summed E-state index contributed by atoms with van der Waals surface area (Å²) in [6, 6.07) is 13.9. The SMILES string of the molecule is O=C(Nc1cccnc1)c1cccc2c(=O)cc(-c3ccccc3C(F)(F)F)[nH]c12. The summed E-state index contributed by atoms with van der Waals surface area (Å²) in [5, 5.41) is 2.86. The number of carbonyl (C=O) groups excluding carboxylic acids is 1. The minimum absolute atomic E-state index is 0.0259. The van der Waals surface area contributed by atoms with Gasteiger partial charge in [0.1, 0.15) is 0 Å². The second kappa shape index (κ2) is 7.47. The number of H-pyrrole nitrogens is 1. The van der Waals surface area contributed by atoms with Crippen LogP contribution < -0.4 is 10.7 Å². The maximum absolute atomic E-state index is 13.4. The smallest absolute Gasteiger partial charge is 0.354 e. The third-order valence-corrected chi connectivity index (χ3v) is 4.55. The Balaban J connectivity index is 1.88. The molecule has 0 fully saturated rings. The number of nitrogens with zero attached hydrogens (tertiary/aromatic N) is 1. The topological polar surface area (TPSA) is 74.8 Å². The van der Waals surface area contributed by atoms with E-state index in [9.17, 15) is 22.8 Å². The first kappa shape index (κ1) is 19.4. The molecule has 2 heterocycles. The quantitative estimate of drug-likeness (QED) is 0.507. The zero-order chi connectivity index (χ0) is 21.3. The summed E-state index contributed by atoms with van der Waals surface area (Å²) in [6.07, 6.45) is -1.59. The standard InChI is InChI=1S/C22H14F3N3O2/c23-22(24,25)17-9-2-1-6-14(17)18-11-19(29)15-7-3-8-16(20(15)28-18)21(30)27-13-5-4-10-26-12-13/h1-12H,(H,27,30)(H,28,29). The molecule has 0 bridgehead atoms. The van der Waals surface area contributed by atoms with E-state index in [-0.39, 0.29) is 27.7 Å². The molecule has 4 rings (SSSR count). The van der Waals surface area contributed by atoms with Gasteiger partial charge in [-0.2, -0.15) is 13.2 Å². The highest BCUT2D eigenvalue weighted by Crippen LogP contribution is 2.36. The summed E-state index contributed by atoms with van der Waals surface area (Å²) in [7, 11) is 0. The van der Waals surface area contributed by atoms with Gasteiger partial charge in [0.25, 0.3) is 5.91 Å². The number of fused-ring (bicyclic) bond motifs is 1. The molecule has 0 spiro atoms. The molecule has 0 saturated heterocycles. The minimum atomic E-state index is -4.60. The Bertz CT molecular complexity index is 1300. The second-order valence-electron chi connectivity index (χ2n) is 6.51. The highest BCUT2D eigenvalue weighted by molar-refractivity contribution is 6.12. The number of nitrogens with one attached hydrogen (secondary N) is 2. The van der Waals surface area contributed by atoms with Gasteiger partial charge in [-0.3, -0.25) is 14.6 Å². The number of benzene rings is 2. The molecule has 0 aliphatic rings. The summed E-state index contributed by atoms with van der Waals surface area (Å²) in [4.78, 5) is 32.2. The normalized spacial score (nSPS) is 11.4. The zero-order valence-corrected chi connectivity index (χ0v) is 15.3. The van der Waals surface area contributed by atoms with E-state index < -0.39 is 23.1 Å². The number of aromatic amines is 1. The number of aromatic nitrogens is 2. The molecule has 0 aliphatic heterocycles. The number of pyridine rings is 2. The molecule has 1 amide bonds. The number of alkyl halides is 3. The largest absolute Gasteiger partial charge is 0.417 e. The molecule has 2 aromatic carbocycles. The first-order valence-corrected chi connectivity index (χ1v) is 8.88. The van der Waals surface area contributed by atoms with E-state index in [0.29, 0.717) is 5.69 Å². The molecule has 0 radical (unpaired) electrons. The Kier molecular flexibility index (Phi) is 4.83. The maximum atomic E-state index is 13.4. The molecule has 0 aliphatic carbocycles. The summed E-state index contributed by atoms with van der Waals surface area (Å²) in [5.41, 5.74) is -0.851. The van der Waals surface area contributed by atoms with Gasteiger partial charge in [-0.15, -0.1) is 0 Å². The fourth-order valence-electron chi connectivity index (χ4n) is 3.21. The molecule has 4 aromatic rings.